The van der Waals surface area contributed by atoms with E-state index in [9.17, 15) is 18.0 Å². The first-order chi connectivity index (χ1) is 12.3. The molecule has 0 aliphatic heterocycles. The number of rotatable bonds is 8. The van der Waals surface area contributed by atoms with E-state index in [1.165, 1.54) is 24.3 Å². The van der Waals surface area contributed by atoms with Gasteiger partial charge in [0.15, 0.2) is 11.5 Å². The van der Waals surface area contributed by atoms with E-state index in [4.69, 9.17) is 14.0 Å². The molecule has 26 heavy (non-hydrogen) atoms. The van der Waals surface area contributed by atoms with Crippen LogP contribution in [0.4, 0.5) is 0 Å². The van der Waals surface area contributed by atoms with Gasteiger partial charge in [-0.1, -0.05) is 18.2 Å². The van der Waals surface area contributed by atoms with Crippen molar-refractivity contribution in [3.8, 4) is 11.5 Å². The fourth-order valence-electron chi connectivity index (χ4n) is 2.01. The van der Waals surface area contributed by atoms with Crippen LogP contribution in [0.2, 0.25) is 0 Å². The van der Waals surface area contributed by atoms with Gasteiger partial charge >= 0.3 is 16.1 Å². The number of benzene rings is 2. The first kappa shape index (κ1) is 19.3. The molecule has 0 bridgehead atoms. The Kier molecular flexibility index (Phi) is 6.18. The molecule has 138 valence electrons. The number of carboxylic acid groups (broad SMARTS) is 1. The van der Waals surface area contributed by atoms with Gasteiger partial charge in [-0.2, -0.15) is 8.42 Å². The summed E-state index contributed by atoms with van der Waals surface area (Å²) in [6, 6.07) is 11.4. The van der Waals surface area contributed by atoms with Gasteiger partial charge in [0.05, 0.1) is 6.61 Å². The molecular formula is C17H17NO7S. The summed E-state index contributed by atoms with van der Waals surface area (Å²) in [5.41, 5.74) is -0.00554. The molecule has 0 aliphatic carbocycles. The highest BCUT2D eigenvalue weighted by Gasteiger charge is 2.20. The molecule has 0 radical (unpaired) electrons. The molecule has 0 aliphatic rings. The smallest absolute Gasteiger partial charge is 0.339 e. The van der Waals surface area contributed by atoms with Crippen LogP contribution >= 0.6 is 0 Å². The summed E-state index contributed by atoms with van der Waals surface area (Å²) in [7, 11) is -4.22. The predicted octanol–water partition coefficient (Wildman–Crippen LogP) is 1.67. The van der Waals surface area contributed by atoms with Crippen molar-refractivity contribution in [3.05, 3.63) is 54.1 Å². The topological polar surface area (TPSA) is 119 Å². The van der Waals surface area contributed by atoms with Crippen molar-refractivity contribution in [2.24, 2.45) is 0 Å². The summed E-state index contributed by atoms with van der Waals surface area (Å²) < 4.78 is 35.4. The number of aliphatic carboxylic acids is 1. The van der Waals surface area contributed by atoms with E-state index in [1.807, 2.05) is 0 Å². The number of hydrogen-bond acceptors (Lipinski definition) is 6. The van der Waals surface area contributed by atoms with Gasteiger partial charge in [-0.05, 0) is 37.3 Å². The Balaban J connectivity index is 2.26. The molecule has 0 fully saturated rings. The van der Waals surface area contributed by atoms with Gasteiger partial charge in [0.1, 0.15) is 11.4 Å². The molecule has 0 heterocycles. The molecule has 2 aromatic carbocycles. The van der Waals surface area contributed by atoms with E-state index in [2.05, 4.69) is 5.32 Å². The molecule has 0 saturated heterocycles. The van der Waals surface area contributed by atoms with Crippen LogP contribution < -0.4 is 14.2 Å². The quantitative estimate of drug-likeness (QED) is 0.670. The second-order valence-electron chi connectivity index (χ2n) is 5.02. The lowest BCUT2D eigenvalue weighted by atomic mass is 10.2. The SMILES string of the molecule is CCOc1ccccc1OS(=O)(=O)c1cccc(C(=O)NCC(=O)O)c1. The molecule has 0 aromatic heterocycles. The van der Waals surface area contributed by atoms with Gasteiger partial charge in [-0.3, -0.25) is 9.59 Å². The normalized spacial score (nSPS) is 10.8. The number of carbonyl (C=O) groups is 2. The van der Waals surface area contributed by atoms with E-state index >= 15 is 0 Å². The number of ether oxygens (including phenoxy) is 1. The Hall–Kier alpha value is -3.07. The van der Waals surface area contributed by atoms with E-state index < -0.39 is 28.5 Å². The fourth-order valence-corrected chi connectivity index (χ4v) is 3.00. The average Bonchev–Trinajstić information content (AvgIpc) is 2.61. The largest absolute Gasteiger partial charge is 0.490 e. The van der Waals surface area contributed by atoms with Crippen molar-refractivity contribution in [1.29, 1.82) is 0 Å². The Labute approximate surface area is 150 Å². The summed E-state index contributed by atoms with van der Waals surface area (Å²) >= 11 is 0. The molecule has 2 N–H and O–H groups in total. The number of para-hydroxylation sites is 2. The average molecular weight is 379 g/mol. The van der Waals surface area contributed by atoms with Crippen LogP contribution in [0, 0.1) is 0 Å². The molecule has 0 atom stereocenters. The maximum absolute atomic E-state index is 12.5. The monoisotopic (exact) mass is 379 g/mol. The molecular weight excluding hydrogens is 362 g/mol. The van der Waals surface area contributed by atoms with Crippen molar-refractivity contribution in [2.45, 2.75) is 11.8 Å². The van der Waals surface area contributed by atoms with Crippen molar-refractivity contribution in [2.75, 3.05) is 13.2 Å². The molecule has 0 spiro atoms. The maximum atomic E-state index is 12.5. The van der Waals surface area contributed by atoms with E-state index in [-0.39, 0.29) is 22.0 Å². The summed E-state index contributed by atoms with van der Waals surface area (Å²) in [6.45, 7) is 1.51. The minimum absolute atomic E-state index is 0.00554. The Morgan fingerprint density at radius 1 is 1.08 bits per heavy atom. The van der Waals surface area contributed by atoms with E-state index in [0.717, 1.165) is 6.07 Å². The molecule has 2 aromatic rings. The maximum Gasteiger partial charge on any atom is 0.339 e. The zero-order chi connectivity index (χ0) is 19.2. The van der Waals surface area contributed by atoms with Crippen molar-refractivity contribution in [3.63, 3.8) is 0 Å². The molecule has 1 amide bonds. The van der Waals surface area contributed by atoms with Crippen LogP contribution in [0.15, 0.2) is 53.4 Å². The van der Waals surface area contributed by atoms with Gasteiger partial charge in [0, 0.05) is 5.56 Å². The number of amides is 1. The minimum Gasteiger partial charge on any atom is -0.490 e. The number of carbonyl (C=O) groups excluding carboxylic acids is 1. The molecule has 2 rings (SSSR count). The number of carboxylic acids is 1. The highest BCUT2D eigenvalue weighted by atomic mass is 32.2. The van der Waals surface area contributed by atoms with Gasteiger partial charge in [-0.25, -0.2) is 0 Å². The zero-order valence-electron chi connectivity index (χ0n) is 13.8. The van der Waals surface area contributed by atoms with Gasteiger partial charge in [0.2, 0.25) is 0 Å². The lowest BCUT2D eigenvalue weighted by Crippen LogP contribution is -2.29. The van der Waals surface area contributed by atoms with E-state index in [0.29, 0.717) is 6.61 Å². The van der Waals surface area contributed by atoms with Crippen molar-refractivity contribution < 1.29 is 32.0 Å². The summed E-state index contributed by atoms with van der Waals surface area (Å²) in [4.78, 5) is 22.2. The van der Waals surface area contributed by atoms with Crippen LogP contribution in [-0.2, 0) is 14.9 Å². The fraction of sp³-hybridized carbons (Fsp3) is 0.176. The molecule has 9 heteroatoms. The first-order valence-electron chi connectivity index (χ1n) is 7.60. The van der Waals surface area contributed by atoms with Gasteiger partial charge in [-0.15, -0.1) is 0 Å². The molecule has 0 saturated carbocycles. The van der Waals surface area contributed by atoms with Gasteiger partial charge < -0.3 is 19.3 Å². The zero-order valence-corrected chi connectivity index (χ0v) is 14.7. The third kappa shape index (κ3) is 4.96. The van der Waals surface area contributed by atoms with Crippen LogP contribution in [0.1, 0.15) is 17.3 Å². The van der Waals surface area contributed by atoms with Crippen LogP contribution in [-0.4, -0.2) is 38.6 Å². The number of nitrogens with one attached hydrogen (secondary N) is 1. The lowest BCUT2D eigenvalue weighted by Gasteiger charge is -2.12. The van der Waals surface area contributed by atoms with Crippen LogP contribution in [0.3, 0.4) is 0 Å². The standard InChI is InChI=1S/C17H17NO7S/c1-2-24-14-8-3-4-9-15(14)25-26(22,23)13-7-5-6-12(10-13)17(21)18-11-16(19)20/h3-10H,2,11H2,1H3,(H,18,21)(H,19,20). The Morgan fingerprint density at radius 3 is 2.42 bits per heavy atom. The van der Waals surface area contributed by atoms with Crippen molar-refractivity contribution >= 4 is 22.0 Å². The van der Waals surface area contributed by atoms with Gasteiger partial charge in [0.25, 0.3) is 5.91 Å². The molecule has 8 nitrogen and oxygen atoms in total. The summed E-state index contributed by atoms with van der Waals surface area (Å²) in [6.07, 6.45) is 0. The lowest BCUT2D eigenvalue weighted by molar-refractivity contribution is -0.135. The third-order valence-electron chi connectivity index (χ3n) is 3.13. The summed E-state index contributed by atoms with van der Waals surface area (Å²) in [5.74, 6) is -1.62. The Bertz CT molecular complexity index is 909. The van der Waals surface area contributed by atoms with Crippen LogP contribution in [0.5, 0.6) is 11.5 Å². The third-order valence-corrected chi connectivity index (χ3v) is 4.36. The predicted molar refractivity (Wildman–Crippen MR) is 91.8 cm³/mol. The van der Waals surface area contributed by atoms with E-state index in [1.54, 1.807) is 25.1 Å². The highest BCUT2D eigenvalue weighted by Crippen LogP contribution is 2.29. The minimum atomic E-state index is -4.22. The van der Waals surface area contributed by atoms with Crippen molar-refractivity contribution in [1.82, 2.24) is 5.32 Å². The molecule has 0 unspecified atom stereocenters. The Morgan fingerprint density at radius 2 is 1.77 bits per heavy atom. The first-order valence-corrected chi connectivity index (χ1v) is 9.00. The second-order valence-corrected chi connectivity index (χ2v) is 6.57. The summed E-state index contributed by atoms with van der Waals surface area (Å²) in [5, 5.41) is 10.7. The van der Waals surface area contributed by atoms with Crippen LogP contribution in [0.25, 0.3) is 0 Å². The highest BCUT2D eigenvalue weighted by molar-refractivity contribution is 7.87. The second kappa shape index (κ2) is 8.34. The number of hydrogen-bond donors (Lipinski definition) is 2.